The minimum atomic E-state index is -3.39. The molecule has 1 N–H and O–H groups in total. The molecule has 1 saturated heterocycles. The molecule has 1 aliphatic heterocycles. The van der Waals surface area contributed by atoms with Gasteiger partial charge in [-0.25, -0.2) is 12.8 Å². The lowest BCUT2D eigenvalue weighted by molar-refractivity contribution is -0.117. The van der Waals surface area contributed by atoms with E-state index in [0.717, 1.165) is 5.56 Å². The second-order valence-corrected chi connectivity index (χ2v) is 8.41. The number of piperazine rings is 1. The Morgan fingerprint density at radius 1 is 0.963 bits per heavy atom. The number of hydrogen-bond acceptors (Lipinski definition) is 4. The number of benzene rings is 2. The van der Waals surface area contributed by atoms with E-state index in [2.05, 4.69) is 5.32 Å². The zero-order chi connectivity index (χ0) is 19.3. The topological polar surface area (TPSA) is 69.7 Å². The van der Waals surface area contributed by atoms with Gasteiger partial charge in [0.15, 0.2) is 0 Å². The fourth-order valence-corrected chi connectivity index (χ4v) is 4.51. The summed E-state index contributed by atoms with van der Waals surface area (Å²) in [6.07, 6.45) is 0. The summed E-state index contributed by atoms with van der Waals surface area (Å²) in [4.78, 5) is 14.0. The predicted octanol–water partition coefficient (Wildman–Crippen LogP) is 1.91. The van der Waals surface area contributed by atoms with E-state index in [9.17, 15) is 17.6 Å². The zero-order valence-electron chi connectivity index (χ0n) is 14.8. The van der Waals surface area contributed by atoms with Gasteiger partial charge in [0.25, 0.3) is 0 Å². The summed E-state index contributed by atoms with van der Waals surface area (Å²) in [5.74, 6) is -0.829. The molecule has 2 aromatic carbocycles. The zero-order valence-corrected chi connectivity index (χ0v) is 15.7. The van der Waals surface area contributed by atoms with Gasteiger partial charge < -0.3 is 5.32 Å². The van der Waals surface area contributed by atoms with Crippen molar-refractivity contribution in [1.29, 1.82) is 0 Å². The van der Waals surface area contributed by atoms with Crippen LogP contribution in [-0.2, 0) is 20.6 Å². The summed E-state index contributed by atoms with van der Waals surface area (Å²) in [6.45, 7) is 1.68. The molecule has 0 saturated carbocycles. The first-order valence-electron chi connectivity index (χ1n) is 8.72. The maximum Gasteiger partial charge on any atom is 0.238 e. The van der Waals surface area contributed by atoms with Crippen molar-refractivity contribution in [1.82, 2.24) is 9.21 Å². The number of para-hydroxylation sites is 1. The molecule has 1 fully saturated rings. The fraction of sp³-hybridized carbons (Fsp3) is 0.316. The van der Waals surface area contributed by atoms with Gasteiger partial charge >= 0.3 is 0 Å². The molecular formula is C19H22FN3O3S. The number of sulfonamides is 1. The van der Waals surface area contributed by atoms with Gasteiger partial charge in [0.2, 0.25) is 15.9 Å². The van der Waals surface area contributed by atoms with Crippen molar-refractivity contribution >= 4 is 21.6 Å². The molecule has 0 bridgehead atoms. The number of nitrogens with zero attached hydrogens (tertiary/aromatic N) is 2. The summed E-state index contributed by atoms with van der Waals surface area (Å²) in [5.41, 5.74) is 0.899. The van der Waals surface area contributed by atoms with Crippen LogP contribution in [0.2, 0.25) is 0 Å². The van der Waals surface area contributed by atoms with Gasteiger partial charge in [-0.3, -0.25) is 9.69 Å². The first-order valence-corrected chi connectivity index (χ1v) is 10.3. The number of carbonyl (C=O) groups excluding carboxylic acids is 1. The van der Waals surface area contributed by atoms with Crippen molar-refractivity contribution in [2.45, 2.75) is 5.75 Å². The Bertz CT molecular complexity index is 882. The molecule has 0 unspecified atom stereocenters. The molecule has 2 aromatic rings. The van der Waals surface area contributed by atoms with E-state index in [4.69, 9.17) is 0 Å². The number of halogens is 1. The summed E-state index contributed by atoms with van der Waals surface area (Å²) >= 11 is 0. The van der Waals surface area contributed by atoms with Gasteiger partial charge in [0.1, 0.15) is 5.82 Å². The second-order valence-electron chi connectivity index (χ2n) is 6.45. The van der Waals surface area contributed by atoms with Gasteiger partial charge in [-0.2, -0.15) is 4.31 Å². The summed E-state index contributed by atoms with van der Waals surface area (Å²) in [5, 5.41) is 2.54. The SMILES string of the molecule is O=C(CN1CCN(S(=O)(=O)Cc2ccccc2)CC1)Nc1ccccc1F. The molecule has 1 heterocycles. The van der Waals surface area contributed by atoms with E-state index in [1.165, 1.54) is 16.4 Å². The van der Waals surface area contributed by atoms with E-state index >= 15 is 0 Å². The Balaban J connectivity index is 1.50. The van der Waals surface area contributed by atoms with Crippen LogP contribution in [0.15, 0.2) is 54.6 Å². The molecular weight excluding hydrogens is 369 g/mol. The van der Waals surface area contributed by atoms with Crippen LogP contribution >= 0.6 is 0 Å². The molecule has 0 radical (unpaired) electrons. The van der Waals surface area contributed by atoms with Gasteiger partial charge in [-0.15, -0.1) is 0 Å². The highest BCUT2D eigenvalue weighted by Crippen LogP contribution is 2.15. The van der Waals surface area contributed by atoms with Crippen LogP contribution < -0.4 is 5.32 Å². The molecule has 0 atom stereocenters. The van der Waals surface area contributed by atoms with Crippen LogP contribution in [0.5, 0.6) is 0 Å². The molecule has 1 aliphatic rings. The lowest BCUT2D eigenvalue weighted by atomic mass is 10.2. The summed E-state index contributed by atoms with van der Waals surface area (Å²) < 4.78 is 40.1. The van der Waals surface area contributed by atoms with E-state index in [1.807, 2.05) is 23.1 Å². The van der Waals surface area contributed by atoms with Crippen molar-refractivity contribution in [3.8, 4) is 0 Å². The van der Waals surface area contributed by atoms with Crippen molar-refractivity contribution < 1.29 is 17.6 Å². The summed E-state index contributed by atoms with van der Waals surface area (Å²) in [7, 11) is -3.39. The van der Waals surface area contributed by atoms with Crippen LogP contribution in [0, 0.1) is 5.82 Å². The van der Waals surface area contributed by atoms with Crippen molar-refractivity contribution in [2.75, 3.05) is 38.0 Å². The Kier molecular flexibility index (Phi) is 6.20. The Morgan fingerprint density at radius 3 is 2.26 bits per heavy atom. The average Bonchev–Trinajstić information content (AvgIpc) is 2.64. The number of carbonyl (C=O) groups is 1. The number of hydrogen-bond donors (Lipinski definition) is 1. The third-order valence-electron chi connectivity index (χ3n) is 4.43. The lowest BCUT2D eigenvalue weighted by Crippen LogP contribution is -2.50. The molecule has 144 valence electrons. The van der Waals surface area contributed by atoms with Crippen molar-refractivity contribution in [3.63, 3.8) is 0 Å². The number of rotatable bonds is 6. The van der Waals surface area contributed by atoms with Gasteiger partial charge in [-0.05, 0) is 17.7 Å². The van der Waals surface area contributed by atoms with Crippen molar-refractivity contribution in [2.24, 2.45) is 0 Å². The quantitative estimate of drug-likeness (QED) is 0.817. The normalized spacial score (nSPS) is 16.2. The first-order chi connectivity index (χ1) is 12.9. The maximum atomic E-state index is 13.6. The minimum Gasteiger partial charge on any atom is -0.322 e. The Hall–Kier alpha value is -2.29. The number of nitrogens with one attached hydrogen (secondary N) is 1. The molecule has 6 nitrogen and oxygen atoms in total. The molecule has 3 rings (SSSR count). The standard InChI is InChI=1S/C19H22FN3O3S/c20-17-8-4-5-9-18(17)21-19(24)14-22-10-12-23(13-11-22)27(25,26)15-16-6-2-1-3-7-16/h1-9H,10-15H2,(H,21,24). The van der Waals surface area contributed by atoms with E-state index in [0.29, 0.717) is 26.2 Å². The number of anilines is 1. The maximum absolute atomic E-state index is 13.6. The molecule has 1 amide bonds. The van der Waals surface area contributed by atoms with Crippen LogP contribution in [0.1, 0.15) is 5.56 Å². The highest BCUT2D eigenvalue weighted by Gasteiger charge is 2.27. The van der Waals surface area contributed by atoms with Gasteiger partial charge in [-0.1, -0.05) is 42.5 Å². The monoisotopic (exact) mass is 391 g/mol. The molecule has 0 spiro atoms. The number of amides is 1. The Labute approximate surface area is 158 Å². The largest absolute Gasteiger partial charge is 0.322 e. The van der Waals surface area contributed by atoms with Crippen LogP contribution in [0.3, 0.4) is 0 Å². The molecule has 0 aliphatic carbocycles. The molecule has 0 aromatic heterocycles. The smallest absolute Gasteiger partial charge is 0.238 e. The van der Waals surface area contributed by atoms with E-state index in [-0.39, 0.29) is 23.9 Å². The van der Waals surface area contributed by atoms with Crippen LogP contribution in [-0.4, -0.2) is 56.3 Å². The van der Waals surface area contributed by atoms with Crippen LogP contribution in [0.4, 0.5) is 10.1 Å². The Morgan fingerprint density at radius 2 is 1.59 bits per heavy atom. The van der Waals surface area contributed by atoms with Gasteiger partial charge in [0.05, 0.1) is 18.0 Å². The molecule has 27 heavy (non-hydrogen) atoms. The van der Waals surface area contributed by atoms with Crippen molar-refractivity contribution in [3.05, 3.63) is 66.0 Å². The second kappa shape index (κ2) is 8.60. The van der Waals surface area contributed by atoms with Crippen LogP contribution in [0.25, 0.3) is 0 Å². The third-order valence-corrected chi connectivity index (χ3v) is 6.28. The minimum absolute atomic E-state index is 0.0262. The predicted molar refractivity (Wildman–Crippen MR) is 102 cm³/mol. The van der Waals surface area contributed by atoms with Gasteiger partial charge in [0, 0.05) is 26.2 Å². The lowest BCUT2D eigenvalue weighted by Gasteiger charge is -2.33. The van der Waals surface area contributed by atoms with E-state index < -0.39 is 15.8 Å². The average molecular weight is 391 g/mol. The highest BCUT2D eigenvalue weighted by atomic mass is 32.2. The third kappa shape index (κ3) is 5.35. The molecule has 8 heteroatoms. The summed E-state index contributed by atoms with van der Waals surface area (Å²) in [6, 6.07) is 15.1. The van der Waals surface area contributed by atoms with E-state index in [1.54, 1.807) is 24.3 Å². The fourth-order valence-electron chi connectivity index (χ4n) is 3.00. The first kappa shape index (κ1) is 19.5. The highest BCUT2D eigenvalue weighted by molar-refractivity contribution is 7.88.